The fourth-order valence-electron chi connectivity index (χ4n) is 4.48. The number of methoxy groups -OCH3 is 1. The van der Waals surface area contributed by atoms with Crippen molar-refractivity contribution in [1.82, 2.24) is 4.90 Å². The molecule has 0 spiro atoms. The summed E-state index contributed by atoms with van der Waals surface area (Å²) in [5, 5.41) is 0.751. The van der Waals surface area contributed by atoms with Crippen LogP contribution in [0, 0.1) is 0 Å². The van der Waals surface area contributed by atoms with E-state index in [1.54, 1.807) is 37.4 Å². The second-order valence-corrected chi connectivity index (χ2v) is 10.2. The lowest BCUT2D eigenvalue weighted by Crippen LogP contribution is -2.37. The fourth-order valence-corrected chi connectivity index (χ4v) is 6.34. The van der Waals surface area contributed by atoms with Crippen LogP contribution in [0.3, 0.4) is 0 Å². The zero-order valence-corrected chi connectivity index (χ0v) is 18.6. The van der Waals surface area contributed by atoms with Gasteiger partial charge in [-0.05, 0) is 81.1 Å². The molecule has 2 aromatic rings. The molecular weight excluding hydrogens is 431 g/mol. The van der Waals surface area contributed by atoms with E-state index in [1.807, 2.05) is 0 Å². The Hall–Kier alpha value is -1.47. The fraction of sp³-hybridized carbons (Fsp3) is 0.429. The quantitative estimate of drug-likeness (QED) is 0.707. The van der Waals surface area contributed by atoms with Gasteiger partial charge in [-0.1, -0.05) is 23.2 Å². The first-order valence-electron chi connectivity index (χ1n) is 9.79. The molecule has 1 aliphatic carbocycles. The second kappa shape index (κ2) is 8.34. The smallest absolute Gasteiger partial charge is 0.262 e. The van der Waals surface area contributed by atoms with Crippen molar-refractivity contribution in [3.8, 4) is 5.75 Å². The van der Waals surface area contributed by atoms with Crippen LogP contribution in [0.25, 0.3) is 0 Å². The number of hydrogen-bond acceptors (Lipinski definition) is 4. The van der Waals surface area contributed by atoms with Crippen molar-refractivity contribution in [2.24, 2.45) is 0 Å². The minimum atomic E-state index is -3.79. The minimum Gasteiger partial charge on any atom is -0.496 e. The van der Waals surface area contributed by atoms with Gasteiger partial charge in [0.1, 0.15) is 5.75 Å². The van der Waals surface area contributed by atoms with Gasteiger partial charge in [-0.25, -0.2) is 8.42 Å². The lowest BCUT2D eigenvalue weighted by molar-refractivity contribution is 0.219. The molecule has 0 bridgehead atoms. The number of sulfonamides is 1. The molecule has 0 radical (unpaired) electrons. The van der Waals surface area contributed by atoms with Gasteiger partial charge in [0.15, 0.2) is 0 Å². The number of anilines is 1. The highest BCUT2D eigenvalue weighted by Crippen LogP contribution is 2.37. The molecule has 1 unspecified atom stereocenters. The molecule has 1 atom stereocenters. The molecule has 29 heavy (non-hydrogen) atoms. The van der Waals surface area contributed by atoms with Crippen molar-refractivity contribution in [3.63, 3.8) is 0 Å². The van der Waals surface area contributed by atoms with Gasteiger partial charge in [-0.2, -0.15) is 0 Å². The number of nitrogens with one attached hydrogen (secondary N) is 1. The van der Waals surface area contributed by atoms with Crippen molar-refractivity contribution >= 4 is 38.9 Å². The topological polar surface area (TPSA) is 58.6 Å². The van der Waals surface area contributed by atoms with Crippen molar-refractivity contribution < 1.29 is 13.2 Å². The van der Waals surface area contributed by atoms with Crippen LogP contribution in [0.1, 0.15) is 30.4 Å². The average molecular weight is 455 g/mol. The zero-order chi connectivity index (χ0) is 20.6. The summed E-state index contributed by atoms with van der Waals surface area (Å²) < 4.78 is 34.6. The van der Waals surface area contributed by atoms with E-state index in [1.165, 1.54) is 12.8 Å². The third-order valence-electron chi connectivity index (χ3n) is 5.79. The van der Waals surface area contributed by atoms with Crippen LogP contribution in [-0.4, -0.2) is 39.6 Å². The van der Waals surface area contributed by atoms with E-state index in [2.05, 4.69) is 9.62 Å². The SMILES string of the molecule is COc1ccc(S(=O)(=O)Nc2cc(Cl)cc(Cl)c2)c2c1CC(N1CCCC1)CC2. The normalized spacial score (nSPS) is 19.8. The summed E-state index contributed by atoms with van der Waals surface area (Å²) in [5.41, 5.74) is 2.20. The summed E-state index contributed by atoms with van der Waals surface area (Å²) in [6, 6.07) is 8.48. The molecule has 1 N–H and O–H groups in total. The number of hydrogen-bond donors (Lipinski definition) is 1. The largest absolute Gasteiger partial charge is 0.496 e. The van der Waals surface area contributed by atoms with E-state index in [-0.39, 0.29) is 0 Å². The Bertz CT molecular complexity index is 1000. The minimum absolute atomic E-state index is 0.296. The summed E-state index contributed by atoms with van der Waals surface area (Å²) in [5.74, 6) is 0.758. The van der Waals surface area contributed by atoms with Crippen LogP contribution in [0.4, 0.5) is 5.69 Å². The maximum atomic E-state index is 13.2. The molecule has 8 heteroatoms. The van der Waals surface area contributed by atoms with Gasteiger partial charge in [-0.3, -0.25) is 4.72 Å². The molecule has 4 rings (SSSR count). The Kier molecular flexibility index (Phi) is 5.98. The maximum absolute atomic E-state index is 13.2. The number of rotatable bonds is 5. The van der Waals surface area contributed by atoms with Gasteiger partial charge in [0, 0.05) is 21.7 Å². The van der Waals surface area contributed by atoms with Crippen molar-refractivity contribution in [3.05, 3.63) is 51.5 Å². The number of benzene rings is 2. The molecule has 5 nitrogen and oxygen atoms in total. The first kappa shape index (κ1) is 20.8. The van der Waals surface area contributed by atoms with E-state index in [4.69, 9.17) is 27.9 Å². The average Bonchev–Trinajstić information content (AvgIpc) is 3.20. The summed E-state index contributed by atoms with van der Waals surface area (Å²) in [6.45, 7) is 2.24. The van der Waals surface area contributed by atoms with E-state index in [9.17, 15) is 8.42 Å². The van der Waals surface area contributed by atoms with E-state index in [0.29, 0.717) is 33.1 Å². The lowest BCUT2D eigenvalue weighted by atomic mass is 9.87. The van der Waals surface area contributed by atoms with E-state index in [0.717, 1.165) is 42.8 Å². The zero-order valence-electron chi connectivity index (χ0n) is 16.2. The van der Waals surface area contributed by atoms with Crippen molar-refractivity contribution in [2.75, 3.05) is 24.9 Å². The number of nitrogens with zero attached hydrogens (tertiary/aromatic N) is 1. The van der Waals surface area contributed by atoms with E-state index < -0.39 is 10.0 Å². The Morgan fingerprint density at radius 1 is 1.07 bits per heavy atom. The third kappa shape index (κ3) is 4.36. The van der Waals surface area contributed by atoms with Gasteiger partial charge in [0.2, 0.25) is 0 Å². The number of ether oxygens (including phenoxy) is 1. The molecule has 2 aromatic carbocycles. The summed E-state index contributed by atoms with van der Waals surface area (Å²) in [6.07, 6.45) is 4.94. The van der Waals surface area contributed by atoms with Gasteiger partial charge in [0.25, 0.3) is 10.0 Å². The van der Waals surface area contributed by atoms with Crippen LogP contribution < -0.4 is 9.46 Å². The first-order valence-corrected chi connectivity index (χ1v) is 12.0. The van der Waals surface area contributed by atoms with Crippen LogP contribution in [-0.2, 0) is 22.9 Å². The predicted octanol–water partition coefficient (Wildman–Crippen LogP) is 4.76. The Morgan fingerprint density at radius 2 is 1.76 bits per heavy atom. The highest BCUT2D eigenvalue weighted by molar-refractivity contribution is 7.92. The molecule has 1 aliphatic heterocycles. The Labute approximate surface area is 182 Å². The number of likely N-dealkylation sites (tertiary alicyclic amines) is 1. The lowest BCUT2D eigenvalue weighted by Gasteiger charge is -2.33. The molecule has 1 fully saturated rings. The molecule has 0 aromatic heterocycles. The molecule has 0 amide bonds. The van der Waals surface area contributed by atoms with Crippen LogP contribution in [0.5, 0.6) is 5.75 Å². The molecule has 0 saturated carbocycles. The van der Waals surface area contributed by atoms with Gasteiger partial charge >= 0.3 is 0 Å². The van der Waals surface area contributed by atoms with Crippen molar-refractivity contribution in [2.45, 2.75) is 43.0 Å². The summed E-state index contributed by atoms with van der Waals surface area (Å²) in [7, 11) is -2.15. The monoisotopic (exact) mass is 454 g/mol. The Morgan fingerprint density at radius 3 is 2.41 bits per heavy atom. The highest BCUT2D eigenvalue weighted by Gasteiger charge is 2.32. The molecule has 1 heterocycles. The van der Waals surface area contributed by atoms with Crippen LogP contribution in [0.15, 0.2) is 35.2 Å². The molecular formula is C21H24Cl2N2O3S. The van der Waals surface area contributed by atoms with Gasteiger partial charge < -0.3 is 9.64 Å². The summed E-state index contributed by atoms with van der Waals surface area (Å²) >= 11 is 12.0. The van der Waals surface area contributed by atoms with E-state index >= 15 is 0 Å². The highest BCUT2D eigenvalue weighted by atomic mass is 35.5. The molecule has 1 saturated heterocycles. The predicted molar refractivity (Wildman–Crippen MR) is 117 cm³/mol. The van der Waals surface area contributed by atoms with Crippen LogP contribution in [0.2, 0.25) is 10.0 Å². The van der Waals surface area contributed by atoms with Crippen LogP contribution >= 0.6 is 23.2 Å². The number of halogens is 2. The second-order valence-electron chi connectivity index (χ2n) is 7.63. The summed E-state index contributed by atoms with van der Waals surface area (Å²) in [4.78, 5) is 2.82. The molecule has 2 aliphatic rings. The Balaban J connectivity index is 1.68. The molecule has 156 valence electrons. The van der Waals surface area contributed by atoms with Gasteiger partial charge in [-0.15, -0.1) is 0 Å². The first-order chi connectivity index (χ1) is 13.9. The third-order valence-corrected chi connectivity index (χ3v) is 7.70. The maximum Gasteiger partial charge on any atom is 0.262 e. The van der Waals surface area contributed by atoms with Crippen molar-refractivity contribution in [1.29, 1.82) is 0 Å². The standard InChI is InChI=1S/C21H24Cl2N2O3S/c1-28-20-6-7-21(29(26,27)24-16-11-14(22)10-15(23)12-16)18-5-4-17(13-19(18)20)25-8-2-3-9-25/h6-7,10-12,17,24H,2-5,8-9,13H2,1H3. The number of fused-ring (bicyclic) bond motifs is 1. The van der Waals surface area contributed by atoms with Gasteiger partial charge in [0.05, 0.1) is 17.7 Å².